The molecule has 3 saturated heterocycles. The lowest BCUT2D eigenvalue weighted by Gasteiger charge is -2.34. The molecular weight excluding hydrogens is 176 g/mol. The van der Waals surface area contributed by atoms with Gasteiger partial charge in [-0.05, 0) is 38.3 Å². The maximum Gasteiger partial charge on any atom is 0.0621 e. The molecule has 80 valence electrons. The molecule has 0 spiro atoms. The Kier molecular flexibility index (Phi) is 2.48. The van der Waals surface area contributed by atoms with Crippen LogP contribution < -0.4 is 5.32 Å². The number of likely N-dealkylation sites (tertiary alicyclic amines) is 1. The Morgan fingerprint density at radius 3 is 3.07 bits per heavy atom. The summed E-state index contributed by atoms with van der Waals surface area (Å²) in [5, 5.41) is 3.51. The van der Waals surface area contributed by atoms with Crippen LogP contribution >= 0.6 is 0 Å². The molecule has 14 heavy (non-hydrogen) atoms. The molecule has 3 aliphatic rings. The van der Waals surface area contributed by atoms with E-state index in [0.717, 1.165) is 31.2 Å². The summed E-state index contributed by atoms with van der Waals surface area (Å²) < 4.78 is 5.58. The molecular formula is C11H20N2O. The van der Waals surface area contributed by atoms with Crippen molar-refractivity contribution in [1.29, 1.82) is 0 Å². The van der Waals surface area contributed by atoms with Crippen LogP contribution in [0.15, 0.2) is 0 Å². The molecule has 0 radical (unpaired) electrons. The molecule has 0 bridgehead atoms. The van der Waals surface area contributed by atoms with Crippen molar-refractivity contribution in [3.8, 4) is 0 Å². The van der Waals surface area contributed by atoms with Crippen LogP contribution in [-0.2, 0) is 4.74 Å². The van der Waals surface area contributed by atoms with Crippen LogP contribution in [0.3, 0.4) is 0 Å². The normalized spacial score (nSPS) is 44.1. The van der Waals surface area contributed by atoms with Gasteiger partial charge >= 0.3 is 0 Å². The van der Waals surface area contributed by atoms with Crippen LogP contribution in [0.2, 0.25) is 0 Å². The van der Waals surface area contributed by atoms with Gasteiger partial charge in [0.1, 0.15) is 0 Å². The predicted octanol–water partition coefficient (Wildman–Crippen LogP) is 0.459. The SMILES string of the molecule is C1COCC(N2CC[C@H]3CNC[C@H]32)C1. The average Bonchev–Trinajstić information content (AvgIpc) is 2.79. The van der Waals surface area contributed by atoms with Crippen molar-refractivity contribution in [3.05, 3.63) is 0 Å². The molecule has 0 saturated carbocycles. The Morgan fingerprint density at radius 1 is 1.21 bits per heavy atom. The predicted molar refractivity (Wildman–Crippen MR) is 55.3 cm³/mol. The van der Waals surface area contributed by atoms with Gasteiger partial charge in [-0.3, -0.25) is 4.90 Å². The fourth-order valence-electron chi connectivity index (χ4n) is 3.32. The number of ether oxygens (including phenoxy) is 1. The van der Waals surface area contributed by atoms with E-state index >= 15 is 0 Å². The highest BCUT2D eigenvalue weighted by Gasteiger charge is 2.40. The van der Waals surface area contributed by atoms with Crippen LogP contribution in [0.25, 0.3) is 0 Å². The van der Waals surface area contributed by atoms with Crippen molar-refractivity contribution in [2.75, 3.05) is 32.8 Å². The van der Waals surface area contributed by atoms with Crippen LogP contribution in [0.5, 0.6) is 0 Å². The van der Waals surface area contributed by atoms with Gasteiger partial charge < -0.3 is 10.1 Å². The van der Waals surface area contributed by atoms with E-state index in [-0.39, 0.29) is 0 Å². The number of nitrogens with zero attached hydrogens (tertiary/aromatic N) is 1. The average molecular weight is 196 g/mol. The van der Waals surface area contributed by atoms with Crippen molar-refractivity contribution in [2.24, 2.45) is 5.92 Å². The van der Waals surface area contributed by atoms with E-state index in [9.17, 15) is 0 Å². The quantitative estimate of drug-likeness (QED) is 0.659. The number of hydrogen-bond donors (Lipinski definition) is 1. The van der Waals surface area contributed by atoms with Gasteiger partial charge in [-0.1, -0.05) is 0 Å². The zero-order valence-electron chi connectivity index (χ0n) is 8.74. The van der Waals surface area contributed by atoms with Gasteiger partial charge in [-0.15, -0.1) is 0 Å². The zero-order valence-corrected chi connectivity index (χ0v) is 8.74. The maximum atomic E-state index is 5.58. The van der Waals surface area contributed by atoms with Crippen LogP contribution in [0.4, 0.5) is 0 Å². The molecule has 1 unspecified atom stereocenters. The second-order valence-electron chi connectivity index (χ2n) is 4.88. The van der Waals surface area contributed by atoms with Gasteiger partial charge in [0.25, 0.3) is 0 Å². The van der Waals surface area contributed by atoms with Crippen LogP contribution in [0.1, 0.15) is 19.3 Å². The van der Waals surface area contributed by atoms with Gasteiger partial charge in [-0.25, -0.2) is 0 Å². The third-order valence-electron chi connectivity index (χ3n) is 4.09. The largest absolute Gasteiger partial charge is 0.380 e. The highest BCUT2D eigenvalue weighted by atomic mass is 16.5. The first-order chi connectivity index (χ1) is 6.95. The number of rotatable bonds is 1. The Hall–Kier alpha value is -0.120. The van der Waals surface area contributed by atoms with Crippen molar-refractivity contribution < 1.29 is 4.74 Å². The van der Waals surface area contributed by atoms with Crippen molar-refractivity contribution in [2.45, 2.75) is 31.3 Å². The summed E-state index contributed by atoms with van der Waals surface area (Å²) >= 11 is 0. The smallest absolute Gasteiger partial charge is 0.0621 e. The summed E-state index contributed by atoms with van der Waals surface area (Å²) in [5.41, 5.74) is 0. The van der Waals surface area contributed by atoms with Gasteiger partial charge in [0.15, 0.2) is 0 Å². The third kappa shape index (κ3) is 1.47. The molecule has 3 aliphatic heterocycles. The van der Waals surface area contributed by atoms with Crippen molar-refractivity contribution in [1.82, 2.24) is 10.2 Å². The summed E-state index contributed by atoms with van der Waals surface area (Å²) in [6.45, 7) is 5.72. The third-order valence-corrected chi connectivity index (χ3v) is 4.09. The Balaban J connectivity index is 1.66. The number of nitrogens with one attached hydrogen (secondary N) is 1. The summed E-state index contributed by atoms with van der Waals surface area (Å²) in [6, 6.07) is 1.54. The summed E-state index contributed by atoms with van der Waals surface area (Å²) in [6.07, 6.45) is 4.00. The Labute approximate surface area is 85.8 Å². The summed E-state index contributed by atoms with van der Waals surface area (Å²) in [5.74, 6) is 0.928. The second kappa shape index (κ2) is 3.80. The molecule has 3 fully saturated rings. The fraction of sp³-hybridized carbons (Fsp3) is 1.00. The first-order valence-corrected chi connectivity index (χ1v) is 5.99. The molecule has 0 aromatic rings. The lowest BCUT2D eigenvalue weighted by atomic mass is 10.0. The zero-order chi connectivity index (χ0) is 9.38. The monoisotopic (exact) mass is 196 g/mol. The number of fused-ring (bicyclic) bond motifs is 1. The minimum Gasteiger partial charge on any atom is -0.380 e. The molecule has 3 heteroatoms. The first-order valence-electron chi connectivity index (χ1n) is 5.99. The summed E-state index contributed by atoms with van der Waals surface area (Å²) in [4.78, 5) is 2.71. The first kappa shape index (κ1) is 9.13. The van der Waals surface area contributed by atoms with E-state index in [1.165, 1.54) is 38.9 Å². The van der Waals surface area contributed by atoms with Gasteiger partial charge in [0.05, 0.1) is 6.61 Å². The minimum absolute atomic E-state index is 0.721. The van der Waals surface area contributed by atoms with E-state index in [2.05, 4.69) is 10.2 Å². The Bertz CT molecular complexity index is 203. The van der Waals surface area contributed by atoms with E-state index in [4.69, 9.17) is 4.74 Å². The van der Waals surface area contributed by atoms with E-state index in [1.807, 2.05) is 0 Å². The molecule has 1 N–H and O–H groups in total. The Morgan fingerprint density at radius 2 is 2.21 bits per heavy atom. The highest BCUT2D eigenvalue weighted by Crippen LogP contribution is 2.30. The minimum atomic E-state index is 0.721. The van der Waals surface area contributed by atoms with E-state index in [1.54, 1.807) is 0 Å². The standard InChI is InChI=1S/C11H20N2O/c1-2-10(8-14-5-1)13-4-3-9-6-12-7-11(9)13/h9-12H,1-8H2/t9-,10?,11+/m0/s1. The lowest BCUT2D eigenvalue weighted by molar-refractivity contribution is 0.0132. The molecule has 3 atom stereocenters. The van der Waals surface area contributed by atoms with Crippen LogP contribution in [0, 0.1) is 5.92 Å². The molecule has 0 amide bonds. The van der Waals surface area contributed by atoms with Crippen molar-refractivity contribution in [3.63, 3.8) is 0 Å². The maximum absolute atomic E-state index is 5.58. The molecule has 0 aliphatic carbocycles. The molecule has 3 rings (SSSR count). The molecule has 3 heterocycles. The van der Waals surface area contributed by atoms with Crippen molar-refractivity contribution >= 4 is 0 Å². The molecule has 3 nitrogen and oxygen atoms in total. The number of hydrogen-bond acceptors (Lipinski definition) is 3. The van der Waals surface area contributed by atoms with E-state index < -0.39 is 0 Å². The van der Waals surface area contributed by atoms with Gasteiger partial charge in [0, 0.05) is 25.2 Å². The molecule has 0 aromatic carbocycles. The molecule has 0 aromatic heterocycles. The lowest BCUT2D eigenvalue weighted by Crippen LogP contribution is -2.46. The second-order valence-corrected chi connectivity index (χ2v) is 4.88. The highest BCUT2D eigenvalue weighted by molar-refractivity contribution is 4.97. The van der Waals surface area contributed by atoms with Gasteiger partial charge in [0.2, 0.25) is 0 Å². The summed E-state index contributed by atoms with van der Waals surface area (Å²) in [7, 11) is 0. The van der Waals surface area contributed by atoms with Gasteiger partial charge in [-0.2, -0.15) is 0 Å². The van der Waals surface area contributed by atoms with E-state index in [0.29, 0.717) is 0 Å². The topological polar surface area (TPSA) is 24.5 Å². The fourth-order valence-corrected chi connectivity index (χ4v) is 3.32. The van der Waals surface area contributed by atoms with Crippen LogP contribution in [-0.4, -0.2) is 49.8 Å².